The van der Waals surface area contributed by atoms with E-state index >= 15 is 0 Å². The molecule has 1 heterocycles. The third-order valence-electron chi connectivity index (χ3n) is 4.64. The minimum absolute atomic E-state index is 0.128. The standard InChI is InChI=1S/C25H26ClN5O3S/c1-3-15-31-22(16-27-23(32)14-13-18-9-5-6-10-19(18)26)29-30-25(31)35-17-24(33)28-20-11-7-8-12-21(20)34-4-2/h3,5-14H,1,4,15-17H2,2H3,(H,27,32)(H,28,33)/b14-13+. The monoisotopic (exact) mass is 511 g/mol. The lowest BCUT2D eigenvalue weighted by Crippen LogP contribution is -2.23. The maximum atomic E-state index is 12.5. The fourth-order valence-corrected chi connectivity index (χ4v) is 4.00. The summed E-state index contributed by atoms with van der Waals surface area (Å²) in [4.78, 5) is 24.8. The second kappa shape index (κ2) is 13.4. The first-order chi connectivity index (χ1) is 17.0. The van der Waals surface area contributed by atoms with Crippen LogP contribution in [-0.4, -0.2) is 38.9 Å². The Morgan fingerprint density at radius 2 is 1.94 bits per heavy atom. The molecule has 35 heavy (non-hydrogen) atoms. The molecule has 0 aliphatic rings. The van der Waals surface area contributed by atoms with Gasteiger partial charge in [-0.2, -0.15) is 0 Å². The van der Waals surface area contributed by atoms with E-state index < -0.39 is 0 Å². The number of nitrogens with zero attached hydrogens (tertiary/aromatic N) is 3. The first-order valence-electron chi connectivity index (χ1n) is 10.9. The highest BCUT2D eigenvalue weighted by Gasteiger charge is 2.15. The molecule has 0 aliphatic carbocycles. The molecule has 2 aromatic carbocycles. The van der Waals surface area contributed by atoms with Crippen molar-refractivity contribution in [1.29, 1.82) is 0 Å². The Balaban J connectivity index is 1.58. The van der Waals surface area contributed by atoms with Crippen LogP contribution in [0.3, 0.4) is 0 Å². The molecule has 0 bridgehead atoms. The van der Waals surface area contributed by atoms with Gasteiger partial charge in [0.05, 0.1) is 24.6 Å². The van der Waals surface area contributed by atoms with Crippen LogP contribution in [-0.2, 0) is 22.7 Å². The minimum atomic E-state index is -0.292. The second-order valence-electron chi connectivity index (χ2n) is 7.14. The van der Waals surface area contributed by atoms with Crippen molar-refractivity contribution in [1.82, 2.24) is 20.1 Å². The van der Waals surface area contributed by atoms with Gasteiger partial charge in [-0.25, -0.2) is 0 Å². The molecular formula is C25H26ClN5O3S. The summed E-state index contributed by atoms with van der Waals surface area (Å²) in [6.45, 7) is 6.76. The molecule has 2 amide bonds. The van der Waals surface area contributed by atoms with Crippen molar-refractivity contribution in [3.05, 3.63) is 83.7 Å². The fourth-order valence-electron chi connectivity index (χ4n) is 3.04. The van der Waals surface area contributed by atoms with Crippen molar-refractivity contribution in [2.75, 3.05) is 17.7 Å². The topological polar surface area (TPSA) is 98.1 Å². The summed E-state index contributed by atoms with van der Waals surface area (Å²) in [6, 6.07) is 14.5. The van der Waals surface area contributed by atoms with Gasteiger partial charge in [-0.15, -0.1) is 16.8 Å². The molecule has 0 atom stereocenters. The zero-order valence-electron chi connectivity index (χ0n) is 19.2. The van der Waals surface area contributed by atoms with Crippen molar-refractivity contribution < 1.29 is 14.3 Å². The smallest absolute Gasteiger partial charge is 0.244 e. The number of halogens is 1. The van der Waals surface area contributed by atoms with Gasteiger partial charge in [0.15, 0.2) is 11.0 Å². The number of aromatic nitrogens is 3. The Hall–Kier alpha value is -3.56. The predicted octanol–water partition coefficient (Wildman–Crippen LogP) is 4.58. The average molecular weight is 512 g/mol. The van der Waals surface area contributed by atoms with Crippen molar-refractivity contribution in [2.24, 2.45) is 0 Å². The van der Waals surface area contributed by atoms with Crippen molar-refractivity contribution >= 4 is 46.9 Å². The second-order valence-corrected chi connectivity index (χ2v) is 8.49. The van der Waals surface area contributed by atoms with Gasteiger partial charge in [0, 0.05) is 17.6 Å². The first-order valence-corrected chi connectivity index (χ1v) is 12.3. The van der Waals surface area contributed by atoms with Crippen LogP contribution >= 0.6 is 23.4 Å². The summed E-state index contributed by atoms with van der Waals surface area (Å²) >= 11 is 7.35. The van der Waals surface area contributed by atoms with Crippen molar-refractivity contribution in [3.8, 4) is 5.75 Å². The van der Waals surface area contributed by atoms with E-state index in [9.17, 15) is 9.59 Å². The molecule has 10 heteroatoms. The SMILES string of the molecule is C=CCn1c(CNC(=O)/C=C/c2ccccc2Cl)nnc1SCC(=O)Nc1ccccc1OCC. The molecule has 2 N–H and O–H groups in total. The number of para-hydroxylation sites is 2. The number of carbonyl (C=O) groups excluding carboxylic acids is 2. The highest BCUT2D eigenvalue weighted by molar-refractivity contribution is 7.99. The molecule has 0 aliphatic heterocycles. The summed E-state index contributed by atoms with van der Waals surface area (Å²) in [5.41, 5.74) is 1.36. The summed E-state index contributed by atoms with van der Waals surface area (Å²) in [7, 11) is 0. The van der Waals surface area contributed by atoms with E-state index in [-0.39, 0.29) is 24.1 Å². The van der Waals surface area contributed by atoms with Gasteiger partial charge in [0.1, 0.15) is 5.75 Å². The number of hydrogen-bond donors (Lipinski definition) is 2. The van der Waals surface area contributed by atoms with Crippen molar-refractivity contribution in [3.63, 3.8) is 0 Å². The minimum Gasteiger partial charge on any atom is -0.492 e. The van der Waals surface area contributed by atoms with E-state index in [0.29, 0.717) is 40.6 Å². The molecule has 0 fully saturated rings. The van der Waals surface area contributed by atoms with Crippen molar-refractivity contribution in [2.45, 2.75) is 25.2 Å². The number of allylic oxidation sites excluding steroid dienone is 1. The zero-order valence-corrected chi connectivity index (χ0v) is 20.8. The van der Waals surface area contributed by atoms with E-state index in [2.05, 4.69) is 27.4 Å². The third-order valence-corrected chi connectivity index (χ3v) is 5.95. The molecule has 8 nitrogen and oxygen atoms in total. The zero-order chi connectivity index (χ0) is 25.0. The Morgan fingerprint density at radius 1 is 1.17 bits per heavy atom. The maximum absolute atomic E-state index is 12.5. The highest BCUT2D eigenvalue weighted by Crippen LogP contribution is 2.24. The predicted molar refractivity (Wildman–Crippen MR) is 140 cm³/mol. The number of benzene rings is 2. The van der Waals surface area contributed by atoms with Crippen LogP contribution in [0.2, 0.25) is 5.02 Å². The fraction of sp³-hybridized carbons (Fsp3) is 0.200. The lowest BCUT2D eigenvalue weighted by atomic mass is 10.2. The normalized spacial score (nSPS) is 10.8. The van der Waals surface area contributed by atoms with Gasteiger partial charge >= 0.3 is 0 Å². The van der Waals surface area contributed by atoms with Crippen LogP contribution in [0.4, 0.5) is 5.69 Å². The Labute approximate surface area is 213 Å². The molecular weight excluding hydrogens is 486 g/mol. The van der Waals surface area contributed by atoms with Crippen LogP contribution < -0.4 is 15.4 Å². The summed E-state index contributed by atoms with van der Waals surface area (Å²) in [5, 5.41) is 15.1. The number of anilines is 1. The van der Waals surface area contributed by atoms with Gasteiger partial charge < -0.3 is 19.9 Å². The quantitative estimate of drug-likeness (QED) is 0.210. The molecule has 0 spiro atoms. The van der Waals surface area contributed by atoms with Crippen LogP contribution in [0.5, 0.6) is 5.75 Å². The number of thioether (sulfide) groups is 1. The van der Waals surface area contributed by atoms with Crippen LogP contribution in [0.15, 0.2) is 72.4 Å². The van der Waals surface area contributed by atoms with Crippen LogP contribution in [0.25, 0.3) is 6.08 Å². The van der Waals surface area contributed by atoms with E-state index in [1.165, 1.54) is 17.8 Å². The van der Waals surface area contributed by atoms with Gasteiger partial charge in [-0.1, -0.05) is 59.8 Å². The Bertz CT molecular complexity index is 1210. The van der Waals surface area contributed by atoms with E-state index in [1.54, 1.807) is 34.9 Å². The Kier molecular flexibility index (Phi) is 9.94. The lowest BCUT2D eigenvalue weighted by molar-refractivity contribution is -0.116. The average Bonchev–Trinajstić information content (AvgIpc) is 3.24. The summed E-state index contributed by atoms with van der Waals surface area (Å²) in [6.07, 6.45) is 4.76. The van der Waals surface area contributed by atoms with Crippen LogP contribution in [0, 0.1) is 0 Å². The summed E-state index contributed by atoms with van der Waals surface area (Å²) < 4.78 is 7.35. The van der Waals surface area contributed by atoms with Gasteiger partial charge in [0.25, 0.3) is 0 Å². The molecule has 3 rings (SSSR count). The number of nitrogens with one attached hydrogen (secondary N) is 2. The van der Waals surface area contributed by atoms with E-state index in [0.717, 1.165) is 5.56 Å². The lowest BCUT2D eigenvalue weighted by Gasteiger charge is -2.11. The molecule has 0 radical (unpaired) electrons. The maximum Gasteiger partial charge on any atom is 0.244 e. The molecule has 0 unspecified atom stereocenters. The molecule has 3 aromatic rings. The van der Waals surface area contributed by atoms with Crippen LogP contribution in [0.1, 0.15) is 18.3 Å². The van der Waals surface area contributed by atoms with Gasteiger partial charge in [0.2, 0.25) is 11.8 Å². The number of carbonyl (C=O) groups is 2. The first kappa shape index (κ1) is 26.1. The number of amides is 2. The highest BCUT2D eigenvalue weighted by atomic mass is 35.5. The summed E-state index contributed by atoms with van der Waals surface area (Å²) in [5.74, 6) is 0.802. The number of hydrogen-bond acceptors (Lipinski definition) is 6. The largest absolute Gasteiger partial charge is 0.492 e. The molecule has 1 aromatic heterocycles. The van der Waals surface area contributed by atoms with Gasteiger partial charge in [-0.05, 0) is 36.8 Å². The number of rotatable bonds is 12. The number of ether oxygens (including phenoxy) is 1. The molecule has 182 valence electrons. The Morgan fingerprint density at radius 3 is 2.71 bits per heavy atom. The third kappa shape index (κ3) is 7.73. The molecule has 0 saturated carbocycles. The van der Waals surface area contributed by atoms with E-state index in [4.69, 9.17) is 16.3 Å². The van der Waals surface area contributed by atoms with Gasteiger partial charge in [-0.3, -0.25) is 9.59 Å². The van der Waals surface area contributed by atoms with E-state index in [1.807, 2.05) is 37.3 Å². The molecule has 0 saturated heterocycles.